The summed E-state index contributed by atoms with van der Waals surface area (Å²) in [5.41, 5.74) is 0. The standard InChI is InChI=1S/C4H8O2.ClHS/c1-3-6-4(2)5;1-2/h3H2,1-2H3;2H. The first-order valence-corrected chi connectivity index (χ1v) is 3.43. The normalized spacial score (nSPS) is 6.50. The van der Waals surface area contributed by atoms with E-state index in [0.717, 1.165) is 0 Å². The van der Waals surface area contributed by atoms with Crippen molar-refractivity contribution in [3.8, 4) is 0 Å². The van der Waals surface area contributed by atoms with Crippen LogP contribution in [-0.4, -0.2) is 12.6 Å². The van der Waals surface area contributed by atoms with E-state index in [1.807, 2.05) is 0 Å². The molecule has 50 valence electrons. The van der Waals surface area contributed by atoms with Gasteiger partial charge in [0.1, 0.15) is 0 Å². The minimum Gasteiger partial charge on any atom is -0.466 e. The molecule has 0 aliphatic heterocycles. The summed E-state index contributed by atoms with van der Waals surface area (Å²) in [4.78, 5) is 9.82. The molecule has 0 unspecified atom stereocenters. The fourth-order valence-electron chi connectivity index (χ4n) is 0.203. The highest BCUT2D eigenvalue weighted by molar-refractivity contribution is 8.05. The summed E-state index contributed by atoms with van der Waals surface area (Å²) >= 11 is 3.00. The SMILES string of the molecule is CCOC(C)=O.SCl. The van der Waals surface area contributed by atoms with Gasteiger partial charge in [0.2, 0.25) is 0 Å². The van der Waals surface area contributed by atoms with Crippen LogP contribution in [0.1, 0.15) is 13.8 Å². The van der Waals surface area contributed by atoms with Crippen molar-refractivity contribution in [2.75, 3.05) is 6.61 Å². The highest BCUT2D eigenvalue weighted by Crippen LogP contribution is 1.69. The van der Waals surface area contributed by atoms with Crippen LogP contribution in [0.4, 0.5) is 0 Å². The molecule has 0 heterocycles. The summed E-state index contributed by atoms with van der Waals surface area (Å²) in [7, 11) is 4.33. The van der Waals surface area contributed by atoms with E-state index in [-0.39, 0.29) is 5.97 Å². The number of carbonyl (C=O) groups is 1. The predicted molar refractivity (Wildman–Crippen MR) is 37.1 cm³/mol. The van der Waals surface area contributed by atoms with Crippen LogP contribution < -0.4 is 0 Å². The maximum Gasteiger partial charge on any atom is 0.302 e. The van der Waals surface area contributed by atoms with E-state index in [2.05, 4.69) is 27.3 Å². The van der Waals surface area contributed by atoms with Crippen molar-refractivity contribution in [2.45, 2.75) is 13.8 Å². The van der Waals surface area contributed by atoms with Crippen molar-refractivity contribution < 1.29 is 9.53 Å². The number of hydrogen-bond donors (Lipinski definition) is 1. The molecule has 0 radical (unpaired) electrons. The molecular formula is C4H9ClO2S. The zero-order valence-electron chi connectivity index (χ0n) is 4.85. The van der Waals surface area contributed by atoms with E-state index in [1.165, 1.54) is 6.92 Å². The summed E-state index contributed by atoms with van der Waals surface area (Å²) in [6, 6.07) is 0. The van der Waals surface area contributed by atoms with Crippen LogP contribution in [0.5, 0.6) is 0 Å². The Bertz CT molecular complexity index is 58.0. The van der Waals surface area contributed by atoms with Gasteiger partial charge in [-0.1, -0.05) is 11.8 Å². The van der Waals surface area contributed by atoms with E-state index >= 15 is 0 Å². The molecule has 0 saturated heterocycles. The van der Waals surface area contributed by atoms with Gasteiger partial charge in [-0.15, -0.1) is 0 Å². The fraction of sp³-hybridized carbons (Fsp3) is 0.750. The first kappa shape index (κ1) is 11.0. The largest absolute Gasteiger partial charge is 0.466 e. The number of carbonyl (C=O) groups excluding carboxylic acids is 1. The molecule has 0 amide bonds. The Morgan fingerprint density at radius 1 is 1.75 bits per heavy atom. The van der Waals surface area contributed by atoms with Gasteiger partial charge in [-0.2, -0.15) is 0 Å². The second-order valence-corrected chi connectivity index (χ2v) is 0.925. The third kappa shape index (κ3) is 16.5. The Hall–Kier alpha value is 0.110. The van der Waals surface area contributed by atoms with E-state index < -0.39 is 0 Å². The van der Waals surface area contributed by atoms with Crippen molar-refractivity contribution in [1.82, 2.24) is 0 Å². The zero-order valence-corrected chi connectivity index (χ0v) is 6.50. The summed E-state index contributed by atoms with van der Waals surface area (Å²) < 4.78 is 4.40. The minimum atomic E-state index is -0.211. The van der Waals surface area contributed by atoms with Crippen LogP contribution in [0, 0.1) is 0 Å². The molecule has 0 saturated carbocycles. The number of hydrogen-bond acceptors (Lipinski definition) is 3. The molecule has 0 rings (SSSR count). The van der Waals surface area contributed by atoms with Crippen molar-refractivity contribution in [2.24, 2.45) is 0 Å². The molecule has 0 bridgehead atoms. The molecule has 0 spiro atoms. The number of thiol groups is 1. The predicted octanol–water partition coefficient (Wildman–Crippen LogP) is 1.64. The number of rotatable bonds is 1. The average Bonchev–Trinajstić information content (AvgIpc) is 1.72. The second-order valence-electron chi connectivity index (χ2n) is 0.925. The van der Waals surface area contributed by atoms with Crippen molar-refractivity contribution in [1.29, 1.82) is 0 Å². The smallest absolute Gasteiger partial charge is 0.302 e. The van der Waals surface area contributed by atoms with Gasteiger partial charge in [0.15, 0.2) is 0 Å². The molecule has 2 nitrogen and oxygen atoms in total. The second kappa shape index (κ2) is 10.2. The van der Waals surface area contributed by atoms with Gasteiger partial charge in [0, 0.05) is 6.92 Å². The van der Waals surface area contributed by atoms with Crippen LogP contribution in [0.15, 0.2) is 0 Å². The lowest BCUT2D eigenvalue weighted by Gasteiger charge is -1.89. The lowest BCUT2D eigenvalue weighted by Crippen LogP contribution is -1.95. The Morgan fingerprint density at radius 3 is 2.12 bits per heavy atom. The van der Waals surface area contributed by atoms with Gasteiger partial charge in [0.25, 0.3) is 0 Å². The summed E-state index contributed by atoms with van der Waals surface area (Å²) in [5.74, 6) is -0.211. The molecule has 8 heavy (non-hydrogen) atoms. The van der Waals surface area contributed by atoms with E-state index in [1.54, 1.807) is 6.92 Å². The number of ether oxygens (including phenoxy) is 1. The molecule has 0 aliphatic rings. The monoisotopic (exact) mass is 156 g/mol. The van der Waals surface area contributed by atoms with Gasteiger partial charge in [-0.05, 0) is 17.6 Å². The summed E-state index contributed by atoms with van der Waals surface area (Å²) in [5, 5.41) is 0. The van der Waals surface area contributed by atoms with Crippen molar-refractivity contribution in [3.63, 3.8) is 0 Å². The third-order valence-electron chi connectivity index (χ3n) is 0.348. The Balaban J connectivity index is 0. The van der Waals surface area contributed by atoms with Crippen LogP contribution in [-0.2, 0) is 9.53 Å². The molecule has 0 aromatic rings. The summed E-state index contributed by atoms with van der Waals surface area (Å²) in [6.45, 7) is 3.65. The van der Waals surface area contributed by atoms with Crippen molar-refractivity contribution >= 4 is 28.5 Å². The lowest BCUT2D eigenvalue weighted by molar-refractivity contribution is -0.140. The molecule has 0 atom stereocenters. The molecular weight excluding hydrogens is 148 g/mol. The Labute approximate surface area is 59.1 Å². The number of esters is 1. The molecule has 0 aromatic heterocycles. The van der Waals surface area contributed by atoms with Crippen LogP contribution in [0.2, 0.25) is 0 Å². The third-order valence-corrected chi connectivity index (χ3v) is 0.348. The highest BCUT2D eigenvalue weighted by atomic mass is 35.7. The lowest BCUT2D eigenvalue weighted by atomic mass is 10.8. The first-order valence-electron chi connectivity index (χ1n) is 2.07. The Morgan fingerprint density at radius 2 is 2.12 bits per heavy atom. The van der Waals surface area contributed by atoms with Gasteiger partial charge in [-0.3, -0.25) is 4.79 Å². The van der Waals surface area contributed by atoms with Gasteiger partial charge >= 0.3 is 5.97 Å². The average molecular weight is 157 g/mol. The van der Waals surface area contributed by atoms with E-state index in [4.69, 9.17) is 0 Å². The van der Waals surface area contributed by atoms with Crippen LogP contribution >= 0.6 is 22.5 Å². The molecule has 0 fully saturated rings. The maximum atomic E-state index is 9.82. The molecule has 0 aliphatic carbocycles. The first-order chi connectivity index (χ1) is 3.77. The molecule has 0 N–H and O–H groups in total. The van der Waals surface area contributed by atoms with Crippen LogP contribution in [0.3, 0.4) is 0 Å². The molecule has 4 heteroatoms. The fourth-order valence-corrected chi connectivity index (χ4v) is 0.203. The maximum absolute atomic E-state index is 9.82. The Kier molecular flexibility index (Phi) is 14.0. The van der Waals surface area contributed by atoms with Crippen molar-refractivity contribution in [3.05, 3.63) is 0 Å². The number of halogens is 1. The van der Waals surface area contributed by atoms with Gasteiger partial charge < -0.3 is 4.74 Å². The molecule has 0 aromatic carbocycles. The van der Waals surface area contributed by atoms with Gasteiger partial charge in [0.05, 0.1) is 6.61 Å². The quantitative estimate of drug-likeness (QED) is 0.462. The van der Waals surface area contributed by atoms with Crippen LogP contribution in [0.25, 0.3) is 0 Å². The zero-order chi connectivity index (χ0) is 6.99. The summed E-state index contributed by atoms with van der Waals surface area (Å²) in [6.07, 6.45) is 0. The topological polar surface area (TPSA) is 26.3 Å². The minimum absolute atomic E-state index is 0.211. The van der Waals surface area contributed by atoms with E-state index in [0.29, 0.717) is 6.61 Å². The van der Waals surface area contributed by atoms with E-state index in [9.17, 15) is 4.79 Å². The van der Waals surface area contributed by atoms with Gasteiger partial charge in [-0.25, -0.2) is 0 Å². The highest BCUT2D eigenvalue weighted by Gasteiger charge is 1.81.